The third kappa shape index (κ3) is 4.28. The van der Waals surface area contributed by atoms with Crippen molar-refractivity contribution in [2.75, 3.05) is 11.1 Å². The molecule has 0 saturated carbocycles. The van der Waals surface area contributed by atoms with Gasteiger partial charge in [-0.15, -0.1) is 11.8 Å². The first-order chi connectivity index (χ1) is 10.1. The van der Waals surface area contributed by atoms with Crippen molar-refractivity contribution < 1.29 is 19.1 Å². The van der Waals surface area contributed by atoms with E-state index in [2.05, 4.69) is 10.3 Å². The molecule has 1 heterocycles. The van der Waals surface area contributed by atoms with Gasteiger partial charge in [0.2, 0.25) is 5.91 Å². The number of amides is 1. The maximum atomic E-state index is 13.4. The highest BCUT2D eigenvalue weighted by molar-refractivity contribution is 8.00. The fraction of sp³-hybridized carbons (Fsp3) is 0.0714. The van der Waals surface area contributed by atoms with Gasteiger partial charge in [0.05, 0.1) is 17.6 Å². The number of halogens is 1. The smallest absolute Gasteiger partial charge is 0.354 e. The van der Waals surface area contributed by atoms with Crippen molar-refractivity contribution in [3.05, 3.63) is 54.1 Å². The fourth-order valence-corrected chi connectivity index (χ4v) is 2.24. The van der Waals surface area contributed by atoms with Crippen LogP contribution in [0.15, 0.2) is 47.5 Å². The third-order valence-electron chi connectivity index (χ3n) is 2.46. The molecule has 0 fully saturated rings. The number of carboxylic acids is 1. The van der Waals surface area contributed by atoms with Gasteiger partial charge in [0.15, 0.2) is 0 Å². The minimum Gasteiger partial charge on any atom is -0.477 e. The van der Waals surface area contributed by atoms with E-state index in [1.807, 2.05) is 0 Å². The van der Waals surface area contributed by atoms with E-state index < -0.39 is 5.97 Å². The molecule has 5 nitrogen and oxygen atoms in total. The van der Waals surface area contributed by atoms with Gasteiger partial charge in [-0.25, -0.2) is 14.2 Å². The van der Waals surface area contributed by atoms with Crippen molar-refractivity contribution in [2.24, 2.45) is 0 Å². The summed E-state index contributed by atoms with van der Waals surface area (Å²) >= 11 is 1.08. The molecule has 0 aliphatic heterocycles. The van der Waals surface area contributed by atoms with Gasteiger partial charge >= 0.3 is 5.97 Å². The van der Waals surface area contributed by atoms with Crippen LogP contribution < -0.4 is 5.32 Å². The topological polar surface area (TPSA) is 79.3 Å². The number of nitrogens with one attached hydrogen (secondary N) is 1. The van der Waals surface area contributed by atoms with Crippen LogP contribution in [0, 0.1) is 5.82 Å². The fourth-order valence-electron chi connectivity index (χ4n) is 1.50. The normalized spacial score (nSPS) is 10.1. The van der Waals surface area contributed by atoms with Crippen LogP contribution in [0.3, 0.4) is 0 Å². The second-order valence-electron chi connectivity index (χ2n) is 4.00. The number of carbonyl (C=O) groups excluding carboxylic acids is 1. The molecule has 2 rings (SSSR count). The van der Waals surface area contributed by atoms with Crippen LogP contribution in [0.1, 0.15) is 10.5 Å². The molecular formula is C14H11FN2O3S. The zero-order valence-corrected chi connectivity index (χ0v) is 11.6. The molecule has 0 unspecified atom stereocenters. The van der Waals surface area contributed by atoms with Crippen LogP contribution in [-0.4, -0.2) is 27.7 Å². The van der Waals surface area contributed by atoms with Gasteiger partial charge in [0.25, 0.3) is 0 Å². The first kappa shape index (κ1) is 15.0. The van der Waals surface area contributed by atoms with E-state index in [1.165, 1.54) is 24.4 Å². The number of aromatic carboxylic acids is 1. The number of carboxylic acid groups (broad SMARTS) is 1. The number of rotatable bonds is 5. The molecule has 0 radical (unpaired) electrons. The van der Waals surface area contributed by atoms with E-state index >= 15 is 0 Å². The summed E-state index contributed by atoms with van der Waals surface area (Å²) in [4.78, 5) is 26.4. The lowest BCUT2D eigenvalue weighted by Crippen LogP contribution is -2.14. The van der Waals surface area contributed by atoms with E-state index in [9.17, 15) is 14.0 Å². The van der Waals surface area contributed by atoms with E-state index in [-0.39, 0.29) is 23.2 Å². The van der Waals surface area contributed by atoms with E-state index in [0.29, 0.717) is 10.6 Å². The lowest BCUT2D eigenvalue weighted by atomic mass is 10.3. The zero-order valence-electron chi connectivity index (χ0n) is 10.7. The van der Waals surface area contributed by atoms with E-state index in [4.69, 9.17) is 5.11 Å². The molecule has 7 heteroatoms. The highest BCUT2D eigenvalue weighted by Crippen LogP contribution is 2.21. The number of hydrogen-bond donors (Lipinski definition) is 2. The zero-order chi connectivity index (χ0) is 15.2. The summed E-state index contributed by atoms with van der Waals surface area (Å²) in [7, 11) is 0. The highest BCUT2D eigenvalue weighted by Gasteiger charge is 2.08. The minimum atomic E-state index is -1.14. The molecule has 2 aromatic rings. The summed E-state index contributed by atoms with van der Waals surface area (Å²) in [5.74, 6) is -1.79. The number of hydrogen-bond acceptors (Lipinski definition) is 4. The third-order valence-corrected chi connectivity index (χ3v) is 3.51. The highest BCUT2D eigenvalue weighted by atomic mass is 32.2. The van der Waals surface area contributed by atoms with Gasteiger partial charge in [0.1, 0.15) is 11.5 Å². The Morgan fingerprint density at radius 2 is 2.00 bits per heavy atom. The molecule has 0 aliphatic carbocycles. The summed E-state index contributed by atoms with van der Waals surface area (Å²) in [6.07, 6.45) is 1.26. The lowest BCUT2D eigenvalue weighted by molar-refractivity contribution is -0.113. The Bertz CT molecular complexity index is 662. The minimum absolute atomic E-state index is 0.0433. The Morgan fingerprint density at radius 3 is 2.62 bits per heavy atom. The monoisotopic (exact) mass is 306 g/mol. The molecule has 0 aliphatic rings. The molecule has 0 bridgehead atoms. The molecule has 2 N–H and O–H groups in total. The Kier molecular flexibility index (Phi) is 4.89. The lowest BCUT2D eigenvalue weighted by Gasteiger charge is -2.05. The summed E-state index contributed by atoms with van der Waals surface area (Å²) in [5.41, 5.74) is 0.285. The van der Waals surface area contributed by atoms with Crippen molar-refractivity contribution in [3.8, 4) is 0 Å². The average Bonchev–Trinajstić information content (AvgIpc) is 2.47. The summed E-state index contributed by atoms with van der Waals surface area (Å²) < 4.78 is 13.4. The number of nitrogens with zero attached hydrogens (tertiary/aromatic N) is 1. The quantitative estimate of drug-likeness (QED) is 0.830. The molecule has 0 spiro atoms. The summed E-state index contributed by atoms with van der Waals surface area (Å²) in [6, 6.07) is 8.93. The van der Waals surface area contributed by atoms with Crippen LogP contribution in [0.25, 0.3) is 0 Å². The number of benzene rings is 1. The van der Waals surface area contributed by atoms with Crippen molar-refractivity contribution >= 4 is 29.3 Å². The molecule has 0 atom stereocenters. The van der Waals surface area contributed by atoms with Crippen molar-refractivity contribution in [3.63, 3.8) is 0 Å². The largest absolute Gasteiger partial charge is 0.477 e. The second-order valence-corrected chi connectivity index (χ2v) is 5.02. The van der Waals surface area contributed by atoms with Gasteiger partial charge in [-0.2, -0.15) is 0 Å². The molecule has 1 aromatic heterocycles. The molecule has 1 aromatic carbocycles. The van der Waals surface area contributed by atoms with Gasteiger partial charge in [-0.05, 0) is 24.3 Å². The Labute approximate surface area is 124 Å². The molecule has 108 valence electrons. The van der Waals surface area contributed by atoms with Crippen molar-refractivity contribution in [2.45, 2.75) is 4.90 Å². The maximum Gasteiger partial charge on any atom is 0.354 e. The number of aromatic nitrogens is 1. The number of anilines is 1. The van der Waals surface area contributed by atoms with Gasteiger partial charge in [-0.3, -0.25) is 4.79 Å². The predicted molar refractivity (Wildman–Crippen MR) is 77.0 cm³/mol. The van der Waals surface area contributed by atoms with E-state index in [1.54, 1.807) is 18.2 Å². The second kappa shape index (κ2) is 6.85. The van der Waals surface area contributed by atoms with Crippen LogP contribution in [0.4, 0.5) is 10.1 Å². The van der Waals surface area contributed by atoms with Crippen LogP contribution in [0.2, 0.25) is 0 Å². The Morgan fingerprint density at radius 1 is 1.24 bits per heavy atom. The van der Waals surface area contributed by atoms with Gasteiger partial charge in [-0.1, -0.05) is 12.1 Å². The maximum absolute atomic E-state index is 13.4. The van der Waals surface area contributed by atoms with Crippen LogP contribution in [0.5, 0.6) is 0 Å². The van der Waals surface area contributed by atoms with Gasteiger partial charge in [0, 0.05) is 4.90 Å². The van der Waals surface area contributed by atoms with Crippen molar-refractivity contribution in [1.29, 1.82) is 0 Å². The van der Waals surface area contributed by atoms with Crippen molar-refractivity contribution in [1.82, 2.24) is 4.98 Å². The van der Waals surface area contributed by atoms with Crippen LogP contribution >= 0.6 is 11.8 Å². The summed E-state index contributed by atoms with van der Waals surface area (Å²) in [6.45, 7) is 0. The molecule has 1 amide bonds. The van der Waals surface area contributed by atoms with E-state index in [0.717, 1.165) is 11.8 Å². The predicted octanol–water partition coefficient (Wildman–Crippen LogP) is 2.65. The number of carbonyl (C=O) groups is 2. The number of pyridine rings is 1. The Balaban J connectivity index is 1.90. The first-order valence-corrected chi connectivity index (χ1v) is 6.91. The first-order valence-electron chi connectivity index (χ1n) is 5.93. The molecular weight excluding hydrogens is 295 g/mol. The SMILES string of the molecule is O=C(CSc1ccccc1F)Nc1ccc(C(=O)O)nc1. The van der Waals surface area contributed by atoms with Gasteiger partial charge < -0.3 is 10.4 Å². The average molecular weight is 306 g/mol. The van der Waals surface area contributed by atoms with Crippen LogP contribution in [-0.2, 0) is 4.79 Å². The molecule has 21 heavy (non-hydrogen) atoms. The standard InChI is InChI=1S/C14H11FN2O3S/c15-10-3-1-2-4-12(10)21-8-13(18)17-9-5-6-11(14(19)20)16-7-9/h1-7H,8H2,(H,17,18)(H,19,20). The number of thioether (sulfide) groups is 1. The Hall–Kier alpha value is -2.41. The molecule has 0 saturated heterocycles. The summed E-state index contributed by atoms with van der Waals surface area (Å²) in [5, 5.41) is 11.3.